The molecule has 1 spiro atoms. The average Bonchev–Trinajstić information content (AvgIpc) is 2.66. The predicted molar refractivity (Wildman–Crippen MR) is 63.1 cm³/mol. The maximum absolute atomic E-state index is 5.78. The lowest BCUT2D eigenvalue weighted by atomic mass is 9.91. The van der Waals surface area contributed by atoms with Gasteiger partial charge in [-0.1, -0.05) is 13.8 Å². The fraction of sp³-hybridized carbons (Fsp3) is 1.00. The number of nitrogens with two attached hydrogens (primary N) is 1. The van der Waals surface area contributed by atoms with Gasteiger partial charge in [0.1, 0.15) is 0 Å². The van der Waals surface area contributed by atoms with Crippen molar-refractivity contribution < 1.29 is 9.47 Å². The Kier molecular flexibility index (Phi) is 3.54. The molecule has 0 bridgehead atoms. The Labute approximate surface area is 98.1 Å². The third-order valence-electron chi connectivity index (χ3n) is 3.51. The van der Waals surface area contributed by atoms with Crippen LogP contribution in [-0.4, -0.2) is 50.1 Å². The maximum Gasteiger partial charge on any atom is 0.181 e. The van der Waals surface area contributed by atoms with Crippen molar-refractivity contribution in [1.82, 2.24) is 4.90 Å². The molecule has 0 aromatic rings. The number of ether oxygens (including phenoxy) is 2. The average molecular weight is 228 g/mol. The molecular formula is C12H24N2O2. The number of likely N-dealkylation sites (tertiary alicyclic amines) is 1. The lowest BCUT2D eigenvalue weighted by Crippen LogP contribution is -2.52. The lowest BCUT2D eigenvalue weighted by Gasteiger charge is -2.41. The van der Waals surface area contributed by atoms with Crippen molar-refractivity contribution in [3.8, 4) is 0 Å². The predicted octanol–water partition coefficient (Wildman–Crippen LogP) is 0.810. The molecule has 2 N–H and O–H groups in total. The molecule has 4 heteroatoms. The van der Waals surface area contributed by atoms with Crippen molar-refractivity contribution in [1.29, 1.82) is 0 Å². The van der Waals surface area contributed by atoms with Crippen LogP contribution in [0.4, 0.5) is 0 Å². The maximum atomic E-state index is 5.78. The molecule has 4 nitrogen and oxygen atoms in total. The first-order valence-corrected chi connectivity index (χ1v) is 6.26. The van der Waals surface area contributed by atoms with E-state index in [1.54, 1.807) is 0 Å². The molecule has 0 radical (unpaired) electrons. The van der Waals surface area contributed by atoms with Gasteiger partial charge in [-0.3, -0.25) is 4.90 Å². The first kappa shape index (κ1) is 12.3. The summed E-state index contributed by atoms with van der Waals surface area (Å²) in [7, 11) is 0. The van der Waals surface area contributed by atoms with Crippen LogP contribution in [-0.2, 0) is 9.47 Å². The van der Waals surface area contributed by atoms with Crippen LogP contribution in [0.1, 0.15) is 26.7 Å². The first-order valence-electron chi connectivity index (χ1n) is 6.26. The van der Waals surface area contributed by atoms with E-state index in [4.69, 9.17) is 15.2 Å². The molecule has 0 amide bonds. The van der Waals surface area contributed by atoms with Gasteiger partial charge in [0.15, 0.2) is 5.79 Å². The molecule has 2 heterocycles. The second-order valence-corrected chi connectivity index (χ2v) is 5.79. The number of piperidine rings is 1. The van der Waals surface area contributed by atoms with Gasteiger partial charge in [0.2, 0.25) is 0 Å². The molecule has 2 saturated heterocycles. The van der Waals surface area contributed by atoms with Gasteiger partial charge in [0.05, 0.1) is 19.8 Å². The molecule has 2 aliphatic heterocycles. The van der Waals surface area contributed by atoms with Gasteiger partial charge in [-0.2, -0.15) is 0 Å². The fourth-order valence-electron chi connectivity index (χ4n) is 2.61. The Balaban J connectivity index is 1.91. The Morgan fingerprint density at radius 3 is 2.62 bits per heavy atom. The second kappa shape index (κ2) is 4.61. The minimum Gasteiger partial charge on any atom is -0.346 e. The lowest BCUT2D eigenvalue weighted by molar-refractivity contribution is -0.191. The summed E-state index contributed by atoms with van der Waals surface area (Å²) in [6.45, 7) is 9.70. The number of nitrogens with zero attached hydrogens (tertiary/aromatic N) is 1. The van der Waals surface area contributed by atoms with Gasteiger partial charge in [0, 0.05) is 13.0 Å². The van der Waals surface area contributed by atoms with E-state index in [9.17, 15) is 0 Å². The Morgan fingerprint density at radius 2 is 2.00 bits per heavy atom. The zero-order chi connectivity index (χ0) is 11.6. The highest BCUT2D eigenvalue weighted by atomic mass is 16.7. The highest BCUT2D eigenvalue weighted by Crippen LogP contribution is 2.31. The van der Waals surface area contributed by atoms with Gasteiger partial charge < -0.3 is 15.2 Å². The summed E-state index contributed by atoms with van der Waals surface area (Å²) in [4.78, 5) is 2.43. The van der Waals surface area contributed by atoms with E-state index >= 15 is 0 Å². The van der Waals surface area contributed by atoms with Crippen LogP contribution >= 0.6 is 0 Å². The molecule has 0 aromatic heterocycles. The molecule has 2 fully saturated rings. The van der Waals surface area contributed by atoms with Crippen LogP contribution in [0.25, 0.3) is 0 Å². The smallest absolute Gasteiger partial charge is 0.181 e. The minimum atomic E-state index is -0.303. The van der Waals surface area contributed by atoms with E-state index in [0.29, 0.717) is 0 Å². The van der Waals surface area contributed by atoms with Crippen molar-refractivity contribution in [2.75, 3.05) is 39.4 Å². The van der Waals surface area contributed by atoms with Gasteiger partial charge >= 0.3 is 0 Å². The molecule has 94 valence electrons. The van der Waals surface area contributed by atoms with Crippen LogP contribution < -0.4 is 5.73 Å². The van der Waals surface area contributed by atoms with Crippen LogP contribution in [0.15, 0.2) is 0 Å². The molecule has 0 atom stereocenters. The number of hydrogen-bond donors (Lipinski definition) is 1. The van der Waals surface area contributed by atoms with Gasteiger partial charge in [-0.25, -0.2) is 0 Å². The number of hydrogen-bond acceptors (Lipinski definition) is 4. The van der Waals surface area contributed by atoms with E-state index in [2.05, 4.69) is 18.7 Å². The fourth-order valence-corrected chi connectivity index (χ4v) is 2.61. The van der Waals surface area contributed by atoms with Crippen LogP contribution in [0.2, 0.25) is 0 Å². The highest BCUT2D eigenvalue weighted by Gasteiger charge is 2.41. The zero-order valence-electron chi connectivity index (χ0n) is 10.5. The largest absolute Gasteiger partial charge is 0.346 e. The van der Waals surface area contributed by atoms with Crippen molar-refractivity contribution in [2.45, 2.75) is 32.5 Å². The molecular weight excluding hydrogens is 204 g/mol. The van der Waals surface area contributed by atoms with Gasteiger partial charge in [-0.05, 0) is 24.9 Å². The quantitative estimate of drug-likeness (QED) is 0.776. The third kappa shape index (κ3) is 2.74. The minimum absolute atomic E-state index is 0.178. The number of rotatable bonds is 3. The van der Waals surface area contributed by atoms with E-state index in [1.807, 2.05) is 0 Å². The summed E-state index contributed by atoms with van der Waals surface area (Å²) in [6, 6.07) is 0. The van der Waals surface area contributed by atoms with Crippen molar-refractivity contribution in [3.05, 3.63) is 0 Å². The summed E-state index contributed by atoms with van der Waals surface area (Å²) in [5.41, 5.74) is 5.96. The molecule has 0 saturated carbocycles. The van der Waals surface area contributed by atoms with Crippen LogP contribution in [0, 0.1) is 5.41 Å². The Bertz CT molecular complexity index is 237. The molecule has 2 aliphatic rings. The van der Waals surface area contributed by atoms with E-state index < -0.39 is 0 Å². The summed E-state index contributed by atoms with van der Waals surface area (Å²) < 4.78 is 11.5. The second-order valence-electron chi connectivity index (χ2n) is 5.79. The SMILES string of the molecule is CC(C)(CN)CN1CCCC2(C1)OCCO2. The van der Waals surface area contributed by atoms with Crippen molar-refractivity contribution in [2.24, 2.45) is 11.1 Å². The van der Waals surface area contributed by atoms with E-state index in [-0.39, 0.29) is 11.2 Å². The summed E-state index contributed by atoms with van der Waals surface area (Å²) in [5.74, 6) is -0.303. The topological polar surface area (TPSA) is 47.7 Å². The van der Waals surface area contributed by atoms with E-state index in [1.165, 1.54) is 0 Å². The summed E-state index contributed by atoms with van der Waals surface area (Å²) in [6.07, 6.45) is 2.19. The van der Waals surface area contributed by atoms with Gasteiger partial charge in [-0.15, -0.1) is 0 Å². The monoisotopic (exact) mass is 228 g/mol. The molecule has 0 aromatic carbocycles. The Hall–Kier alpha value is -0.160. The normalized spacial score (nSPS) is 26.4. The van der Waals surface area contributed by atoms with Gasteiger partial charge in [0.25, 0.3) is 0 Å². The molecule has 0 aliphatic carbocycles. The van der Waals surface area contributed by atoms with Crippen molar-refractivity contribution in [3.63, 3.8) is 0 Å². The highest BCUT2D eigenvalue weighted by molar-refractivity contribution is 4.86. The summed E-state index contributed by atoms with van der Waals surface area (Å²) in [5, 5.41) is 0. The Morgan fingerprint density at radius 1 is 1.31 bits per heavy atom. The molecule has 0 unspecified atom stereocenters. The van der Waals surface area contributed by atoms with Crippen molar-refractivity contribution >= 4 is 0 Å². The molecule has 16 heavy (non-hydrogen) atoms. The first-order chi connectivity index (χ1) is 7.55. The standard InChI is InChI=1S/C12H24N2O2/c1-11(2,8-13)9-14-5-3-4-12(10-14)15-6-7-16-12/h3-10,13H2,1-2H3. The zero-order valence-corrected chi connectivity index (χ0v) is 10.5. The summed E-state index contributed by atoms with van der Waals surface area (Å²) >= 11 is 0. The third-order valence-corrected chi connectivity index (χ3v) is 3.51. The van der Waals surface area contributed by atoms with Crippen LogP contribution in [0.3, 0.4) is 0 Å². The van der Waals surface area contributed by atoms with E-state index in [0.717, 1.165) is 52.2 Å². The molecule has 2 rings (SSSR count). The van der Waals surface area contributed by atoms with Crippen LogP contribution in [0.5, 0.6) is 0 Å².